The molecule has 1 amide bonds. The van der Waals surface area contributed by atoms with Gasteiger partial charge in [0.2, 0.25) is 5.91 Å². The number of halogens is 1. The summed E-state index contributed by atoms with van der Waals surface area (Å²) in [6.07, 6.45) is 0. The van der Waals surface area contributed by atoms with Crippen LogP contribution in [0.15, 0.2) is 58.0 Å². The number of thiazole rings is 1. The molecule has 2 aromatic heterocycles. The molecule has 0 atom stereocenters. The fourth-order valence-corrected chi connectivity index (χ4v) is 5.60. The molecule has 0 saturated carbocycles. The van der Waals surface area contributed by atoms with E-state index < -0.39 is 5.82 Å². The Morgan fingerprint density at radius 3 is 2.73 bits per heavy atom. The Morgan fingerprint density at radius 2 is 1.93 bits per heavy atom. The number of hydrogen-bond acceptors (Lipinski definition) is 7. The predicted octanol–water partition coefficient (Wildman–Crippen LogP) is 5.07. The molecule has 10 heteroatoms. The summed E-state index contributed by atoms with van der Waals surface area (Å²) in [5, 5.41) is 11.8. The lowest BCUT2D eigenvalue weighted by Gasteiger charge is -2.08. The Labute approximate surface area is 185 Å². The normalized spacial score (nSPS) is 11.1. The van der Waals surface area contributed by atoms with Gasteiger partial charge in [0, 0.05) is 6.54 Å². The molecule has 0 spiro atoms. The number of anilines is 1. The lowest BCUT2D eigenvalue weighted by Crippen LogP contribution is -2.15. The maximum atomic E-state index is 13.7. The highest BCUT2D eigenvalue weighted by atomic mass is 32.2. The molecule has 2 heterocycles. The van der Waals surface area contributed by atoms with Crippen LogP contribution in [0, 0.1) is 5.82 Å². The number of carbonyl (C=O) groups is 1. The number of amides is 1. The molecular formula is C20H18FN5OS3. The highest BCUT2D eigenvalue weighted by Gasteiger charge is 2.15. The van der Waals surface area contributed by atoms with Gasteiger partial charge in [-0.2, -0.15) is 0 Å². The van der Waals surface area contributed by atoms with E-state index in [0.717, 1.165) is 20.4 Å². The van der Waals surface area contributed by atoms with Crippen LogP contribution in [-0.4, -0.2) is 31.4 Å². The Morgan fingerprint density at radius 1 is 1.13 bits per heavy atom. The second kappa shape index (κ2) is 9.59. The number of nitrogens with one attached hydrogen (secondary N) is 1. The van der Waals surface area contributed by atoms with Gasteiger partial charge < -0.3 is 9.88 Å². The first-order valence-electron chi connectivity index (χ1n) is 9.21. The van der Waals surface area contributed by atoms with Crippen molar-refractivity contribution in [3.8, 4) is 0 Å². The summed E-state index contributed by atoms with van der Waals surface area (Å²) in [7, 11) is 0. The third-order valence-electron chi connectivity index (χ3n) is 4.19. The zero-order valence-corrected chi connectivity index (χ0v) is 18.5. The first-order valence-corrected chi connectivity index (χ1v) is 12.0. The average Bonchev–Trinajstić information content (AvgIpc) is 3.35. The summed E-state index contributed by atoms with van der Waals surface area (Å²) in [5.74, 6) is 0.849. The van der Waals surface area contributed by atoms with Gasteiger partial charge in [-0.25, -0.2) is 9.37 Å². The van der Waals surface area contributed by atoms with Crippen LogP contribution < -0.4 is 5.32 Å². The van der Waals surface area contributed by atoms with Crippen molar-refractivity contribution in [1.29, 1.82) is 0 Å². The molecule has 0 radical (unpaired) electrons. The molecule has 2 aromatic carbocycles. The number of nitrogens with zero attached hydrogens (tertiary/aromatic N) is 4. The average molecular weight is 460 g/mol. The van der Waals surface area contributed by atoms with Crippen LogP contribution in [0.3, 0.4) is 0 Å². The first kappa shape index (κ1) is 20.8. The van der Waals surface area contributed by atoms with Crippen molar-refractivity contribution >= 4 is 56.7 Å². The van der Waals surface area contributed by atoms with E-state index in [0.29, 0.717) is 17.5 Å². The minimum atomic E-state index is -0.457. The number of aromatic nitrogens is 4. The highest BCUT2D eigenvalue weighted by molar-refractivity contribution is 8.00. The molecule has 0 saturated heterocycles. The number of benzene rings is 2. The fraction of sp³-hybridized carbons (Fsp3) is 0.200. The van der Waals surface area contributed by atoms with E-state index in [1.165, 1.54) is 23.9 Å². The molecule has 1 N–H and O–H groups in total. The topological polar surface area (TPSA) is 72.7 Å². The molecule has 4 aromatic rings. The molecular weight excluding hydrogens is 441 g/mol. The van der Waals surface area contributed by atoms with Gasteiger partial charge >= 0.3 is 0 Å². The second-order valence-corrected chi connectivity index (χ2v) is 9.39. The zero-order valence-electron chi connectivity index (χ0n) is 16.0. The third kappa shape index (κ3) is 4.82. The Balaban J connectivity index is 1.37. The maximum Gasteiger partial charge on any atom is 0.234 e. The minimum absolute atomic E-state index is 0.123. The summed E-state index contributed by atoms with van der Waals surface area (Å²) in [4.78, 5) is 16.8. The number of hydrogen-bond donors (Lipinski definition) is 1. The van der Waals surface area contributed by atoms with Gasteiger partial charge in [0.25, 0.3) is 0 Å². The van der Waals surface area contributed by atoms with E-state index in [4.69, 9.17) is 0 Å². The van der Waals surface area contributed by atoms with E-state index >= 15 is 0 Å². The van der Waals surface area contributed by atoms with Crippen molar-refractivity contribution in [3.05, 3.63) is 60.2 Å². The standard InChI is InChI=1S/C20H18FN5OS3/c1-2-26-17(11-29-20-23-15-9-5-6-10-16(15)30-20)24-25-19(26)28-12-18(27)22-14-8-4-3-7-13(14)21/h3-10H,2,11-12H2,1H3,(H,22,27). The van der Waals surface area contributed by atoms with Gasteiger partial charge in [0.1, 0.15) is 11.6 Å². The summed E-state index contributed by atoms with van der Waals surface area (Å²) in [5.41, 5.74) is 1.17. The number of para-hydroxylation sites is 2. The predicted molar refractivity (Wildman–Crippen MR) is 121 cm³/mol. The van der Waals surface area contributed by atoms with Gasteiger partial charge in [-0.15, -0.1) is 21.5 Å². The molecule has 0 aliphatic carbocycles. The minimum Gasteiger partial charge on any atom is -0.323 e. The zero-order chi connectivity index (χ0) is 20.9. The molecule has 154 valence electrons. The molecule has 30 heavy (non-hydrogen) atoms. The molecule has 0 bridgehead atoms. The third-order valence-corrected chi connectivity index (χ3v) is 7.33. The van der Waals surface area contributed by atoms with E-state index in [9.17, 15) is 9.18 Å². The van der Waals surface area contributed by atoms with E-state index in [-0.39, 0.29) is 17.3 Å². The summed E-state index contributed by atoms with van der Waals surface area (Å²) < 4.78 is 17.8. The molecule has 0 fully saturated rings. The number of carbonyl (C=O) groups excluding carboxylic acids is 1. The van der Waals surface area contributed by atoms with Crippen molar-refractivity contribution in [1.82, 2.24) is 19.7 Å². The van der Waals surface area contributed by atoms with Crippen molar-refractivity contribution in [2.75, 3.05) is 11.1 Å². The number of rotatable bonds is 8. The van der Waals surface area contributed by atoms with Crippen molar-refractivity contribution < 1.29 is 9.18 Å². The Hall–Kier alpha value is -2.43. The largest absolute Gasteiger partial charge is 0.323 e. The number of fused-ring (bicyclic) bond motifs is 1. The van der Waals surface area contributed by atoms with E-state index in [1.807, 2.05) is 29.7 Å². The molecule has 4 rings (SSSR count). The van der Waals surface area contributed by atoms with Crippen LogP contribution in [0.2, 0.25) is 0 Å². The monoisotopic (exact) mass is 459 g/mol. The van der Waals surface area contributed by atoms with Crippen molar-refractivity contribution in [3.63, 3.8) is 0 Å². The maximum absolute atomic E-state index is 13.7. The lowest BCUT2D eigenvalue weighted by atomic mass is 10.3. The lowest BCUT2D eigenvalue weighted by molar-refractivity contribution is -0.113. The molecule has 0 unspecified atom stereocenters. The second-order valence-electron chi connectivity index (χ2n) is 6.20. The number of thioether (sulfide) groups is 2. The van der Waals surface area contributed by atoms with Crippen LogP contribution >= 0.6 is 34.9 Å². The van der Waals surface area contributed by atoms with E-state index in [1.54, 1.807) is 35.2 Å². The quantitative estimate of drug-likeness (QED) is 0.371. The van der Waals surface area contributed by atoms with E-state index in [2.05, 4.69) is 26.6 Å². The molecule has 0 aliphatic heterocycles. The Bertz CT molecular complexity index is 1140. The smallest absolute Gasteiger partial charge is 0.234 e. The van der Waals surface area contributed by atoms with Crippen LogP contribution in [-0.2, 0) is 17.1 Å². The van der Waals surface area contributed by atoms with Gasteiger partial charge in [-0.05, 0) is 31.2 Å². The SMILES string of the molecule is CCn1c(CSc2nc3ccccc3s2)nnc1SCC(=O)Nc1ccccc1F. The fourth-order valence-electron chi connectivity index (χ4n) is 2.77. The summed E-state index contributed by atoms with van der Waals surface area (Å²) in [6, 6.07) is 14.2. The van der Waals surface area contributed by atoms with Gasteiger partial charge in [0.05, 0.1) is 27.4 Å². The van der Waals surface area contributed by atoms with Crippen LogP contribution in [0.4, 0.5) is 10.1 Å². The van der Waals surface area contributed by atoms with Gasteiger partial charge in [-0.3, -0.25) is 4.79 Å². The highest BCUT2D eigenvalue weighted by Crippen LogP contribution is 2.31. The summed E-state index contributed by atoms with van der Waals surface area (Å²) in [6.45, 7) is 2.71. The van der Waals surface area contributed by atoms with Crippen molar-refractivity contribution in [2.24, 2.45) is 0 Å². The molecule has 6 nitrogen and oxygen atoms in total. The molecule has 0 aliphatic rings. The Kier molecular flexibility index (Phi) is 6.66. The van der Waals surface area contributed by atoms with Gasteiger partial charge in [-0.1, -0.05) is 47.8 Å². The first-order chi connectivity index (χ1) is 14.6. The van der Waals surface area contributed by atoms with Crippen molar-refractivity contribution in [2.45, 2.75) is 28.7 Å². The summed E-state index contributed by atoms with van der Waals surface area (Å²) >= 11 is 4.57. The van der Waals surface area contributed by atoms with Crippen LogP contribution in [0.1, 0.15) is 12.7 Å². The van der Waals surface area contributed by atoms with Crippen LogP contribution in [0.25, 0.3) is 10.2 Å². The van der Waals surface area contributed by atoms with Gasteiger partial charge in [0.15, 0.2) is 9.50 Å². The van der Waals surface area contributed by atoms with Crippen LogP contribution in [0.5, 0.6) is 0 Å².